The van der Waals surface area contributed by atoms with E-state index in [1.165, 1.54) is 32.2 Å². The molecule has 1 N–H and O–H groups in total. The Morgan fingerprint density at radius 2 is 2.17 bits per heavy atom. The molecule has 120 valence electrons. The maximum Gasteiger partial charge on any atom is 0.331 e. The maximum atomic E-state index is 13.5. The van der Waals surface area contributed by atoms with E-state index < -0.39 is 30.1 Å². The van der Waals surface area contributed by atoms with Gasteiger partial charge < -0.3 is 14.9 Å². The zero-order valence-electron chi connectivity index (χ0n) is 12.6. The highest BCUT2D eigenvalue weighted by Gasteiger charge is 2.20. The summed E-state index contributed by atoms with van der Waals surface area (Å²) in [7, 11) is 1.34. The summed E-state index contributed by atoms with van der Waals surface area (Å²) in [6.45, 7) is 0.723. The van der Waals surface area contributed by atoms with Crippen molar-refractivity contribution < 1.29 is 23.5 Å². The van der Waals surface area contributed by atoms with Gasteiger partial charge >= 0.3 is 5.97 Å². The van der Waals surface area contributed by atoms with Gasteiger partial charge in [0.2, 0.25) is 0 Å². The number of halogens is 1. The first-order valence-electron chi connectivity index (χ1n) is 6.54. The molecule has 0 bridgehead atoms. The third-order valence-electron chi connectivity index (χ3n) is 2.83. The number of hydrogen-bond acceptors (Lipinski definition) is 6. The van der Waals surface area contributed by atoms with Crippen molar-refractivity contribution in [1.29, 1.82) is 10.7 Å². The average molecular weight is 318 g/mol. The van der Waals surface area contributed by atoms with Crippen LogP contribution in [0.5, 0.6) is 5.75 Å². The Bertz CT molecular complexity index is 692. The van der Waals surface area contributed by atoms with Gasteiger partial charge in [-0.3, -0.25) is 4.79 Å². The van der Waals surface area contributed by atoms with E-state index in [1.807, 2.05) is 0 Å². The second kappa shape index (κ2) is 8.44. The fourth-order valence-electron chi connectivity index (χ4n) is 1.63. The average Bonchev–Trinajstić information content (AvgIpc) is 2.51. The van der Waals surface area contributed by atoms with Crippen LogP contribution in [0.25, 0.3) is 6.08 Å². The maximum absolute atomic E-state index is 13.5. The summed E-state index contributed by atoms with van der Waals surface area (Å²) >= 11 is 0. The van der Waals surface area contributed by atoms with Gasteiger partial charge in [0.05, 0.1) is 13.2 Å². The van der Waals surface area contributed by atoms with Crippen LogP contribution in [0.2, 0.25) is 0 Å². The Morgan fingerprint density at radius 1 is 1.48 bits per heavy atom. The molecular formula is C16H15FN2O4. The minimum Gasteiger partial charge on any atom is -0.494 e. The number of ketones is 1. The second-order valence-electron chi connectivity index (χ2n) is 4.55. The van der Waals surface area contributed by atoms with Crippen molar-refractivity contribution >= 4 is 23.5 Å². The molecule has 1 aromatic carbocycles. The van der Waals surface area contributed by atoms with Crippen molar-refractivity contribution in [3.05, 3.63) is 35.7 Å². The number of ether oxygens (including phenoxy) is 2. The topological polar surface area (TPSA) is 100 Å². The van der Waals surface area contributed by atoms with Gasteiger partial charge in [0, 0.05) is 11.8 Å². The number of rotatable bonds is 7. The van der Waals surface area contributed by atoms with Crippen LogP contribution in [-0.4, -0.2) is 31.2 Å². The summed E-state index contributed by atoms with van der Waals surface area (Å²) in [5.41, 5.74) is 0.301. The highest BCUT2D eigenvalue weighted by molar-refractivity contribution is 6.06. The monoisotopic (exact) mass is 318 g/mol. The van der Waals surface area contributed by atoms with Gasteiger partial charge in [0.15, 0.2) is 24.0 Å². The number of benzene rings is 1. The lowest BCUT2D eigenvalue weighted by atomic mass is 10.0. The summed E-state index contributed by atoms with van der Waals surface area (Å²) in [6, 6.07) is 5.80. The lowest BCUT2D eigenvalue weighted by molar-refractivity contribution is -0.143. The molecule has 0 fully saturated rings. The van der Waals surface area contributed by atoms with Crippen molar-refractivity contribution in [3.63, 3.8) is 0 Å². The molecule has 7 heteroatoms. The standard InChI is InChI=1S/C16H15FN2O4/c1-10(19)12(8-18)14(20)9-23-16(21)6-4-11-3-5-15(22-2)13(17)7-11/h3-7,12,19H,9H2,1-2H3/b6-4+,19-10?. The van der Waals surface area contributed by atoms with Crippen LogP contribution in [0.4, 0.5) is 4.39 Å². The molecule has 0 heterocycles. The Balaban J connectivity index is 2.60. The highest BCUT2D eigenvalue weighted by atomic mass is 19.1. The predicted octanol–water partition coefficient (Wildman–Crippen LogP) is 2.14. The first-order chi connectivity index (χ1) is 10.9. The Morgan fingerprint density at radius 3 is 2.70 bits per heavy atom. The smallest absolute Gasteiger partial charge is 0.331 e. The van der Waals surface area contributed by atoms with E-state index in [4.69, 9.17) is 20.1 Å². The summed E-state index contributed by atoms with van der Waals surface area (Å²) < 4.78 is 22.9. The molecule has 0 spiro atoms. The van der Waals surface area contributed by atoms with Gasteiger partial charge in [0.1, 0.15) is 5.92 Å². The molecular weight excluding hydrogens is 303 g/mol. The quantitative estimate of drug-likeness (QED) is 0.471. The van der Waals surface area contributed by atoms with E-state index in [-0.39, 0.29) is 11.5 Å². The molecule has 1 atom stereocenters. The van der Waals surface area contributed by atoms with Crippen LogP contribution in [0.15, 0.2) is 24.3 Å². The first kappa shape index (κ1) is 18.0. The van der Waals surface area contributed by atoms with E-state index in [2.05, 4.69) is 0 Å². The number of hydrogen-bond donors (Lipinski definition) is 1. The lowest BCUT2D eigenvalue weighted by Crippen LogP contribution is -2.25. The zero-order chi connectivity index (χ0) is 17.4. The SMILES string of the molecule is COc1ccc(/C=C/C(=O)OCC(=O)C(C#N)C(C)=N)cc1F. The summed E-state index contributed by atoms with van der Waals surface area (Å²) in [5, 5.41) is 16.0. The second-order valence-corrected chi connectivity index (χ2v) is 4.55. The molecule has 0 aliphatic carbocycles. The van der Waals surface area contributed by atoms with Crippen molar-refractivity contribution in [2.24, 2.45) is 5.92 Å². The highest BCUT2D eigenvalue weighted by Crippen LogP contribution is 2.18. The number of nitrogens with one attached hydrogen (secondary N) is 1. The number of nitrogens with zero attached hydrogens (tertiary/aromatic N) is 1. The molecule has 1 unspecified atom stereocenters. The van der Waals surface area contributed by atoms with Gasteiger partial charge in [-0.2, -0.15) is 5.26 Å². The number of carbonyl (C=O) groups excluding carboxylic acids is 2. The van der Waals surface area contributed by atoms with Crippen molar-refractivity contribution in [3.8, 4) is 11.8 Å². The van der Waals surface area contributed by atoms with Gasteiger partial charge in [-0.1, -0.05) is 6.07 Å². The minimum absolute atomic E-state index is 0.0832. The van der Waals surface area contributed by atoms with E-state index >= 15 is 0 Å². The molecule has 0 aliphatic heterocycles. The third kappa shape index (κ3) is 5.36. The molecule has 23 heavy (non-hydrogen) atoms. The van der Waals surface area contributed by atoms with Crippen LogP contribution in [0.1, 0.15) is 12.5 Å². The van der Waals surface area contributed by atoms with Crippen molar-refractivity contribution in [2.75, 3.05) is 13.7 Å². The molecule has 1 rings (SSSR count). The Labute approximate surface area is 132 Å². The third-order valence-corrected chi connectivity index (χ3v) is 2.83. The van der Waals surface area contributed by atoms with Crippen molar-refractivity contribution in [1.82, 2.24) is 0 Å². The fourth-order valence-corrected chi connectivity index (χ4v) is 1.63. The molecule has 0 amide bonds. The zero-order valence-corrected chi connectivity index (χ0v) is 12.6. The summed E-state index contributed by atoms with van der Waals surface area (Å²) in [5.74, 6) is -3.19. The largest absolute Gasteiger partial charge is 0.494 e. The van der Waals surface area contributed by atoms with Gasteiger partial charge in [0.25, 0.3) is 0 Å². The van der Waals surface area contributed by atoms with E-state index in [0.29, 0.717) is 5.56 Å². The Hall–Kier alpha value is -3.01. The number of carbonyl (C=O) groups is 2. The van der Waals surface area contributed by atoms with E-state index in [0.717, 1.165) is 6.08 Å². The summed E-state index contributed by atoms with van der Waals surface area (Å²) in [4.78, 5) is 23.1. The minimum atomic E-state index is -1.22. The van der Waals surface area contributed by atoms with Crippen LogP contribution in [-0.2, 0) is 14.3 Å². The van der Waals surface area contributed by atoms with Crippen LogP contribution < -0.4 is 4.74 Å². The molecule has 0 radical (unpaired) electrons. The molecule has 6 nitrogen and oxygen atoms in total. The van der Waals surface area contributed by atoms with Crippen molar-refractivity contribution in [2.45, 2.75) is 6.92 Å². The number of nitriles is 1. The number of Topliss-reactive ketones (excluding diaryl/α,β-unsaturated/α-hetero) is 1. The van der Waals surface area contributed by atoms with Crippen LogP contribution in [0.3, 0.4) is 0 Å². The van der Waals surface area contributed by atoms with Gasteiger partial charge in [-0.05, 0) is 30.7 Å². The first-order valence-corrected chi connectivity index (χ1v) is 6.54. The predicted molar refractivity (Wildman–Crippen MR) is 80.5 cm³/mol. The van der Waals surface area contributed by atoms with E-state index in [1.54, 1.807) is 12.1 Å². The number of esters is 1. The van der Waals surface area contributed by atoms with E-state index in [9.17, 15) is 14.0 Å². The molecule has 1 aromatic rings. The molecule has 0 aromatic heterocycles. The van der Waals surface area contributed by atoms with Crippen LogP contribution >= 0.6 is 0 Å². The fraction of sp³-hybridized carbons (Fsp3) is 0.250. The molecule has 0 aliphatic rings. The summed E-state index contributed by atoms with van der Waals surface area (Å²) in [6.07, 6.45) is 2.35. The number of methoxy groups -OCH3 is 1. The van der Waals surface area contributed by atoms with Gasteiger partial charge in [-0.15, -0.1) is 0 Å². The lowest BCUT2D eigenvalue weighted by Gasteiger charge is -2.06. The molecule has 0 saturated carbocycles. The van der Waals surface area contributed by atoms with Crippen LogP contribution in [0, 0.1) is 28.5 Å². The molecule has 0 saturated heterocycles. The Kier molecular flexibility index (Phi) is 6.62. The normalized spacial score (nSPS) is 11.6. The van der Waals surface area contributed by atoms with Gasteiger partial charge in [-0.25, -0.2) is 9.18 Å².